The third-order valence-electron chi connectivity index (χ3n) is 16.3. The molecule has 1 aromatic heterocycles. The summed E-state index contributed by atoms with van der Waals surface area (Å²) < 4.78 is 93.8. The second kappa shape index (κ2) is 21.0. The van der Waals surface area contributed by atoms with E-state index in [-0.39, 0.29) is 95.1 Å². The number of primary amides is 1. The van der Waals surface area contributed by atoms with E-state index in [0.717, 1.165) is 28.0 Å². The number of nitrogens with zero attached hydrogens (tertiary/aromatic N) is 5. The number of ether oxygens (including phenoxy) is 2. The number of fused-ring (bicyclic) bond motifs is 2. The van der Waals surface area contributed by atoms with Crippen molar-refractivity contribution in [2.45, 2.75) is 94.2 Å². The van der Waals surface area contributed by atoms with Gasteiger partial charge in [0.05, 0.1) is 22.6 Å². The van der Waals surface area contributed by atoms with Gasteiger partial charge in [-0.05, 0) is 88.1 Å². The predicted molar refractivity (Wildman–Crippen MR) is 268 cm³/mol. The molecule has 5 amide bonds. The number of halogens is 6. The molecule has 3 saturated heterocycles. The van der Waals surface area contributed by atoms with Crippen LogP contribution in [0.4, 0.5) is 32.6 Å². The first kappa shape index (κ1) is 52.1. The number of nitrogens with one attached hydrogen (secondary N) is 2. The maximum absolute atomic E-state index is 16.5. The van der Waals surface area contributed by atoms with Gasteiger partial charge < -0.3 is 35.4 Å². The Kier molecular flexibility index (Phi) is 14.6. The Labute approximate surface area is 434 Å². The van der Waals surface area contributed by atoms with E-state index in [1.165, 1.54) is 25.2 Å². The average molecular weight is 1060 g/mol. The third-order valence-corrected chi connectivity index (χ3v) is 16.6. The van der Waals surface area contributed by atoms with Crippen molar-refractivity contribution in [2.24, 2.45) is 18.7 Å². The zero-order valence-electron chi connectivity index (χ0n) is 41.5. The number of amides is 5. The summed E-state index contributed by atoms with van der Waals surface area (Å²) in [6, 6.07) is 12.4. The summed E-state index contributed by atoms with van der Waals surface area (Å²) in [6.07, 6.45) is 4.90. The highest BCUT2D eigenvalue weighted by atomic mass is 35.5. The largest absolute Gasteiger partial charge is 0.488 e. The number of benzene rings is 4. The molecule has 0 bridgehead atoms. The molecule has 5 aliphatic rings. The summed E-state index contributed by atoms with van der Waals surface area (Å²) in [5.41, 5.74) is 4.48. The molecule has 0 spiro atoms. The third kappa shape index (κ3) is 9.34. The number of carbonyl (C=O) groups is 4. The number of imide groups is 1. The zero-order valence-corrected chi connectivity index (χ0v) is 42.3. The summed E-state index contributed by atoms with van der Waals surface area (Å²) in [5.74, 6) is -8.54. The fourth-order valence-electron chi connectivity index (χ4n) is 12.3. The van der Waals surface area contributed by atoms with E-state index in [1.807, 2.05) is 42.2 Å². The highest BCUT2D eigenvalue weighted by Crippen LogP contribution is 2.57. The Hall–Kier alpha value is -6.35. The Bertz CT molecular complexity index is 3070. The van der Waals surface area contributed by atoms with E-state index in [0.29, 0.717) is 70.3 Å². The molecule has 10 rings (SSSR count). The van der Waals surface area contributed by atoms with E-state index in [1.54, 1.807) is 0 Å². The first-order valence-electron chi connectivity index (χ1n) is 25.6. The molecule has 398 valence electrons. The van der Waals surface area contributed by atoms with Crippen LogP contribution in [0.5, 0.6) is 11.5 Å². The lowest BCUT2D eigenvalue weighted by molar-refractivity contribution is -0.138. The van der Waals surface area contributed by atoms with Gasteiger partial charge in [-0.25, -0.2) is 26.7 Å². The van der Waals surface area contributed by atoms with Crippen molar-refractivity contribution in [1.29, 1.82) is 0 Å². The van der Waals surface area contributed by atoms with Gasteiger partial charge in [0, 0.05) is 91.9 Å². The number of rotatable bonds is 13. The van der Waals surface area contributed by atoms with Gasteiger partial charge in [0.1, 0.15) is 23.7 Å². The van der Waals surface area contributed by atoms with Crippen molar-refractivity contribution in [1.82, 2.24) is 30.2 Å². The molecule has 75 heavy (non-hydrogen) atoms. The number of likely N-dealkylation sites (tertiary alicyclic amines) is 2. The first-order valence-corrected chi connectivity index (χ1v) is 25.9. The molecule has 5 heterocycles. The summed E-state index contributed by atoms with van der Waals surface area (Å²) in [5, 5.41) is 18.5. The lowest BCUT2D eigenvalue weighted by atomic mass is 9.77. The normalized spacial score (nSPS) is 22.9. The van der Waals surface area contributed by atoms with Gasteiger partial charge in [-0.1, -0.05) is 48.9 Å². The van der Waals surface area contributed by atoms with Gasteiger partial charge in [0.25, 0.3) is 0 Å². The summed E-state index contributed by atoms with van der Waals surface area (Å²) in [6.45, 7) is 3.59. The van der Waals surface area contributed by atoms with E-state index in [2.05, 4.69) is 20.6 Å². The summed E-state index contributed by atoms with van der Waals surface area (Å²) >= 11 is 6.71. The number of aliphatic hydroxyl groups excluding tert-OH is 1. The topological polar surface area (TPSA) is 185 Å². The van der Waals surface area contributed by atoms with Crippen LogP contribution in [0, 0.1) is 35.0 Å². The number of nitrogens with two attached hydrogens (primary N) is 1. The fraction of sp³-hybridized carbons (Fsp3) is 0.463. The number of piperidine rings is 2. The van der Waals surface area contributed by atoms with Crippen LogP contribution in [0.2, 0.25) is 5.02 Å². The smallest absolute Gasteiger partial charge is 0.329 e. The second-order valence-corrected chi connectivity index (χ2v) is 20.7. The molecule has 21 heteroatoms. The lowest BCUT2D eigenvalue weighted by Crippen LogP contribution is -2.51. The monoisotopic (exact) mass is 1060 g/mol. The van der Waals surface area contributed by atoms with Gasteiger partial charge >= 0.3 is 6.03 Å². The number of aromatic nitrogens is 2. The molecule has 2 unspecified atom stereocenters. The van der Waals surface area contributed by atoms with E-state index >= 15 is 22.0 Å². The summed E-state index contributed by atoms with van der Waals surface area (Å²) in [4.78, 5) is 56.3. The number of hydrogen-bond donors (Lipinski definition) is 4. The van der Waals surface area contributed by atoms with E-state index < -0.39 is 81.4 Å². The second-order valence-electron chi connectivity index (χ2n) is 20.4. The van der Waals surface area contributed by atoms with Gasteiger partial charge in [-0.3, -0.25) is 29.3 Å². The zero-order chi connectivity index (χ0) is 53.0. The van der Waals surface area contributed by atoms with Crippen LogP contribution in [-0.2, 0) is 22.2 Å². The number of aryl methyl sites for hydroxylation is 1. The molecule has 5 aromatic rings. The molecular formula is C54H58ClF5N8O7. The molecule has 15 nitrogen and oxygen atoms in total. The number of anilines is 1. The molecule has 5 N–H and O–H groups in total. The van der Waals surface area contributed by atoms with Gasteiger partial charge in [-0.15, -0.1) is 0 Å². The van der Waals surface area contributed by atoms with Gasteiger partial charge in [0.2, 0.25) is 17.7 Å². The number of carbonyl (C=O) groups excluding carboxylic acids is 4. The molecule has 1 saturated carbocycles. The van der Waals surface area contributed by atoms with Crippen molar-refractivity contribution < 1.29 is 55.7 Å². The SMILES string of the molecule is CC1c2c(cc(F)c(Cl)c2-c2c(C(N)=O)ccc(OCCO)c2F)OC1(CNC1CCC(C(=O)N2CCC(N3CCC(c4c(F)c(F)c5c(N6CCC(=O)NC6=O)nn(C)c5c4F)CC3)CC2)CC1)c1ccccc1. The van der Waals surface area contributed by atoms with Crippen molar-refractivity contribution in [3.05, 3.63) is 105 Å². The highest BCUT2D eigenvalue weighted by molar-refractivity contribution is 6.34. The van der Waals surface area contributed by atoms with Crippen LogP contribution in [0.25, 0.3) is 22.0 Å². The quantitative estimate of drug-likeness (QED) is 0.0668. The Balaban J connectivity index is 0.762. The predicted octanol–water partition coefficient (Wildman–Crippen LogP) is 7.92. The Morgan fingerprint density at radius 2 is 1.60 bits per heavy atom. The number of urea groups is 1. The van der Waals surface area contributed by atoms with Crippen LogP contribution >= 0.6 is 11.6 Å². The standard InChI is InChI=1S/C54H58ClF5N8O7/c1-28-39-37(26-35(56)44(55)42(39)41-34(50(61)71)12-13-36(45(41)57)74-25-24-69)75-54(28,31-6-4-3-5-7-31)27-62-32-10-8-30(9-11-32)52(72)67-21-16-33(17-22-67)66-19-14-29(15-20-66)40-46(58)47(59)43-49(48(40)60)65(2)64-51(43)68-23-18-38(70)63-53(68)73/h3-7,12-13,26,28-30,32-33,62,69H,8-11,14-25,27H2,1-2H3,(H2,61,71)(H,63,70,73). The fourth-order valence-corrected chi connectivity index (χ4v) is 12.6. The van der Waals surface area contributed by atoms with Crippen LogP contribution in [0.15, 0.2) is 48.5 Å². The van der Waals surface area contributed by atoms with E-state index in [4.69, 9.17) is 26.8 Å². The van der Waals surface area contributed by atoms with Crippen molar-refractivity contribution in [3.8, 4) is 22.6 Å². The number of hydrogen-bond acceptors (Lipinski definition) is 10. The Morgan fingerprint density at radius 3 is 2.27 bits per heavy atom. The Morgan fingerprint density at radius 1 is 0.893 bits per heavy atom. The first-order chi connectivity index (χ1) is 36.0. The average Bonchev–Trinajstić information content (AvgIpc) is 3.91. The minimum absolute atomic E-state index is 0.000304. The molecule has 4 fully saturated rings. The van der Waals surface area contributed by atoms with Crippen LogP contribution in [0.1, 0.15) is 104 Å². The summed E-state index contributed by atoms with van der Waals surface area (Å²) in [7, 11) is 1.40. The molecule has 2 atom stereocenters. The lowest BCUT2D eigenvalue weighted by Gasteiger charge is -2.43. The molecule has 4 aliphatic heterocycles. The van der Waals surface area contributed by atoms with Crippen LogP contribution < -0.4 is 30.7 Å². The maximum atomic E-state index is 16.5. The molecular weight excluding hydrogens is 1000 g/mol. The van der Waals surface area contributed by atoms with Gasteiger partial charge in [-0.2, -0.15) is 5.10 Å². The minimum atomic E-state index is -1.30. The van der Waals surface area contributed by atoms with Crippen molar-refractivity contribution in [2.75, 3.05) is 57.4 Å². The van der Waals surface area contributed by atoms with Gasteiger partial charge in [0.15, 0.2) is 40.4 Å². The minimum Gasteiger partial charge on any atom is -0.488 e. The maximum Gasteiger partial charge on any atom is 0.329 e. The van der Waals surface area contributed by atoms with Crippen LogP contribution in [-0.4, -0.2) is 113 Å². The van der Waals surface area contributed by atoms with Crippen LogP contribution in [0.3, 0.4) is 0 Å². The molecule has 1 aliphatic carbocycles. The molecule has 4 aromatic carbocycles. The molecule has 0 radical (unpaired) electrons. The highest BCUT2D eigenvalue weighted by Gasteiger charge is 2.50. The van der Waals surface area contributed by atoms with Crippen molar-refractivity contribution >= 4 is 52.1 Å². The number of aliphatic hydroxyl groups is 1. The van der Waals surface area contributed by atoms with E-state index in [9.17, 15) is 24.3 Å². The van der Waals surface area contributed by atoms with Crippen molar-refractivity contribution in [3.63, 3.8) is 0 Å².